The first kappa shape index (κ1) is 17.4. The molecule has 3 aromatic rings. The lowest BCUT2D eigenvalue weighted by molar-refractivity contribution is 0.0734. The van der Waals surface area contributed by atoms with Gasteiger partial charge >= 0.3 is 5.97 Å². The Morgan fingerprint density at radius 1 is 0.692 bits per heavy atom. The SMILES string of the molecule is CN(C)c1ccc(C(=O)Oc2ccc(C(=O)c3ccccc3)cc2)cc1. The van der Waals surface area contributed by atoms with Crippen molar-refractivity contribution in [3.8, 4) is 5.75 Å². The quantitative estimate of drug-likeness (QED) is 0.395. The normalized spacial score (nSPS) is 10.2. The summed E-state index contributed by atoms with van der Waals surface area (Å²) in [5, 5.41) is 0. The Balaban J connectivity index is 1.69. The smallest absolute Gasteiger partial charge is 0.343 e. The van der Waals surface area contributed by atoms with E-state index in [-0.39, 0.29) is 5.78 Å². The van der Waals surface area contributed by atoms with Gasteiger partial charge in [-0.3, -0.25) is 4.79 Å². The van der Waals surface area contributed by atoms with Crippen molar-refractivity contribution in [2.45, 2.75) is 0 Å². The van der Waals surface area contributed by atoms with Gasteiger partial charge in [-0.1, -0.05) is 30.3 Å². The molecule has 26 heavy (non-hydrogen) atoms. The number of carbonyl (C=O) groups excluding carboxylic acids is 2. The molecular formula is C22H19NO3. The minimum absolute atomic E-state index is 0.0669. The molecule has 3 rings (SSSR count). The fourth-order valence-electron chi connectivity index (χ4n) is 2.49. The van der Waals surface area contributed by atoms with Gasteiger partial charge in [0.15, 0.2) is 5.78 Å². The van der Waals surface area contributed by atoms with Gasteiger partial charge in [-0.05, 0) is 48.5 Å². The number of hydrogen-bond acceptors (Lipinski definition) is 4. The molecule has 0 N–H and O–H groups in total. The monoisotopic (exact) mass is 345 g/mol. The van der Waals surface area contributed by atoms with Crippen LogP contribution in [0.3, 0.4) is 0 Å². The van der Waals surface area contributed by atoms with Crippen LogP contribution < -0.4 is 9.64 Å². The lowest BCUT2D eigenvalue weighted by atomic mass is 10.0. The van der Waals surface area contributed by atoms with Gasteiger partial charge in [0.1, 0.15) is 5.75 Å². The zero-order valence-corrected chi connectivity index (χ0v) is 14.7. The molecule has 0 atom stereocenters. The van der Waals surface area contributed by atoms with Gasteiger partial charge in [0, 0.05) is 30.9 Å². The van der Waals surface area contributed by atoms with E-state index in [0.29, 0.717) is 22.4 Å². The molecule has 3 aromatic carbocycles. The summed E-state index contributed by atoms with van der Waals surface area (Å²) in [4.78, 5) is 26.6. The summed E-state index contributed by atoms with van der Waals surface area (Å²) in [6.07, 6.45) is 0. The maximum absolute atomic E-state index is 12.4. The van der Waals surface area contributed by atoms with Crippen LogP contribution in [0.15, 0.2) is 78.9 Å². The maximum Gasteiger partial charge on any atom is 0.343 e. The summed E-state index contributed by atoms with van der Waals surface area (Å²) >= 11 is 0. The fraction of sp³-hybridized carbons (Fsp3) is 0.0909. The predicted molar refractivity (Wildman–Crippen MR) is 102 cm³/mol. The van der Waals surface area contributed by atoms with Crippen molar-refractivity contribution in [1.82, 2.24) is 0 Å². The summed E-state index contributed by atoms with van der Waals surface area (Å²) in [7, 11) is 3.87. The molecular weight excluding hydrogens is 326 g/mol. The van der Waals surface area contributed by atoms with Crippen LogP contribution in [0.1, 0.15) is 26.3 Å². The van der Waals surface area contributed by atoms with Gasteiger partial charge in [0.2, 0.25) is 0 Å². The second-order valence-corrected chi connectivity index (χ2v) is 6.05. The third kappa shape index (κ3) is 3.98. The van der Waals surface area contributed by atoms with Crippen LogP contribution in [-0.4, -0.2) is 25.8 Å². The molecule has 4 heteroatoms. The van der Waals surface area contributed by atoms with E-state index < -0.39 is 5.97 Å². The number of carbonyl (C=O) groups is 2. The summed E-state index contributed by atoms with van der Waals surface area (Å²) in [5.41, 5.74) is 2.65. The van der Waals surface area contributed by atoms with Gasteiger partial charge < -0.3 is 9.64 Å². The number of anilines is 1. The van der Waals surface area contributed by atoms with E-state index in [4.69, 9.17) is 4.74 Å². The Labute approximate surface area is 152 Å². The zero-order chi connectivity index (χ0) is 18.5. The molecule has 0 saturated carbocycles. The number of rotatable bonds is 5. The largest absolute Gasteiger partial charge is 0.423 e. The average Bonchev–Trinajstić information content (AvgIpc) is 2.68. The van der Waals surface area contributed by atoms with E-state index in [1.807, 2.05) is 49.3 Å². The minimum atomic E-state index is -0.433. The highest BCUT2D eigenvalue weighted by molar-refractivity contribution is 6.09. The first-order valence-corrected chi connectivity index (χ1v) is 8.24. The van der Waals surface area contributed by atoms with Crippen molar-refractivity contribution in [3.63, 3.8) is 0 Å². The summed E-state index contributed by atoms with van der Waals surface area (Å²) < 4.78 is 5.38. The maximum atomic E-state index is 12.4. The number of benzene rings is 3. The van der Waals surface area contributed by atoms with Crippen molar-refractivity contribution in [2.75, 3.05) is 19.0 Å². The fourth-order valence-corrected chi connectivity index (χ4v) is 2.49. The first-order chi connectivity index (χ1) is 12.5. The molecule has 4 nitrogen and oxygen atoms in total. The average molecular weight is 345 g/mol. The Morgan fingerprint density at radius 3 is 1.81 bits per heavy atom. The van der Waals surface area contributed by atoms with E-state index in [1.165, 1.54) is 0 Å². The second kappa shape index (κ2) is 7.66. The van der Waals surface area contributed by atoms with E-state index >= 15 is 0 Å². The van der Waals surface area contributed by atoms with Gasteiger partial charge in [0.25, 0.3) is 0 Å². The number of nitrogens with zero attached hydrogens (tertiary/aromatic N) is 1. The van der Waals surface area contributed by atoms with Gasteiger partial charge in [-0.15, -0.1) is 0 Å². The van der Waals surface area contributed by atoms with E-state index in [0.717, 1.165) is 5.69 Å². The van der Waals surface area contributed by atoms with Crippen LogP contribution in [0.5, 0.6) is 5.75 Å². The molecule has 130 valence electrons. The third-order valence-electron chi connectivity index (χ3n) is 3.98. The van der Waals surface area contributed by atoms with Gasteiger partial charge in [-0.25, -0.2) is 4.79 Å². The molecule has 0 amide bonds. The third-order valence-corrected chi connectivity index (χ3v) is 3.98. The molecule has 0 unspecified atom stereocenters. The molecule has 0 aliphatic carbocycles. The van der Waals surface area contributed by atoms with Crippen molar-refractivity contribution in [1.29, 1.82) is 0 Å². The van der Waals surface area contributed by atoms with Crippen LogP contribution in [0, 0.1) is 0 Å². The second-order valence-electron chi connectivity index (χ2n) is 6.05. The minimum Gasteiger partial charge on any atom is -0.423 e. The van der Waals surface area contributed by atoms with E-state index in [2.05, 4.69) is 0 Å². The van der Waals surface area contributed by atoms with Crippen molar-refractivity contribution >= 4 is 17.4 Å². The lowest BCUT2D eigenvalue weighted by Crippen LogP contribution is -2.11. The van der Waals surface area contributed by atoms with Gasteiger partial charge in [0.05, 0.1) is 5.56 Å². The van der Waals surface area contributed by atoms with Crippen molar-refractivity contribution in [3.05, 3.63) is 95.6 Å². The molecule has 0 heterocycles. The Kier molecular flexibility index (Phi) is 5.13. The lowest BCUT2D eigenvalue weighted by Gasteiger charge is -2.12. The topological polar surface area (TPSA) is 46.6 Å². The van der Waals surface area contributed by atoms with Crippen molar-refractivity contribution < 1.29 is 14.3 Å². The molecule has 0 aliphatic heterocycles. The predicted octanol–water partition coefficient (Wildman–Crippen LogP) is 4.20. The molecule has 0 radical (unpaired) electrons. The highest BCUT2D eigenvalue weighted by Crippen LogP contribution is 2.18. The Morgan fingerprint density at radius 2 is 1.23 bits per heavy atom. The van der Waals surface area contributed by atoms with Crippen LogP contribution in [0.4, 0.5) is 5.69 Å². The number of hydrogen-bond donors (Lipinski definition) is 0. The van der Waals surface area contributed by atoms with Crippen molar-refractivity contribution in [2.24, 2.45) is 0 Å². The van der Waals surface area contributed by atoms with Crippen LogP contribution in [0.2, 0.25) is 0 Å². The summed E-state index contributed by atoms with van der Waals surface area (Å²) in [6.45, 7) is 0. The Hall–Kier alpha value is -3.40. The number of esters is 1. The highest BCUT2D eigenvalue weighted by Gasteiger charge is 2.11. The number of ether oxygens (including phenoxy) is 1. The van der Waals surface area contributed by atoms with Crippen LogP contribution >= 0.6 is 0 Å². The summed E-state index contributed by atoms with van der Waals surface area (Å²) in [5.74, 6) is -0.100. The molecule has 0 aliphatic rings. The number of ketones is 1. The van der Waals surface area contributed by atoms with Gasteiger partial charge in [-0.2, -0.15) is 0 Å². The molecule has 0 aromatic heterocycles. The van der Waals surface area contributed by atoms with E-state index in [9.17, 15) is 9.59 Å². The van der Waals surface area contributed by atoms with Crippen LogP contribution in [-0.2, 0) is 0 Å². The van der Waals surface area contributed by atoms with Crippen LogP contribution in [0.25, 0.3) is 0 Å². The molecule has 0 saturated heterocycles. The standard InChI is InChI=1S/C22H19NO3/c1-23(2)19-12-8-18(9-13-19)22(25)26-20-14-10-17(11-15-20)21(24)16-6-4-3-5-7-16/h3-15H,1-2H3. The first-order valence-electron chi connectivity index (χ1n) is 8.24. The molecule has 0 bridgehead atoms. The zero-order valence-electron chi connectivity index (χ0n) is 14.7. The molecule has 0 spiro atoms. The highest BCUT2D eigenvalue weighted by atomic mass is 16.5. The summed E-state index contributed by atoms with van der Waals surface area (Å²) in [6, 6.07) is 22.8. The Bertz CT molecular complexity index is 898. The molecule has 0 fully saturated rings. The van der Waals surface area contributed by atoms with E-state index in [1.54, 1.807) is 48.5 Å².